The smallest absolute Gasteiger partial charge is 0.215 e. The average molecular weight is 149 g/mol. The molecule has 0 aliphatic carbocycles. The minimum Gasteiger partial charge on any atom is -0.303 e. The van der Waals surface area contributed by atoms with Crippen molar-refractivity contribution in [2.24, 2.45) is 0 Å². The summed E-state index contributed by atoms with van der Waals surface area (Å²) in [5, 5.41) is 0. The molecule has 11 heavy (non-hydrogen) atoms. The number of rotatable bonds is 2. The molecule has 57 valence electrons. The summed E-state index contributed by atoms with van der Waals surface area (Å²) in [6.45, 7) is 3.68. The molecule has 1 aromatic heterocycles. The van der Waals surface area contributed by atoms with Crippen molar-refractivity contribution in [2.75, 3.05) is 11.9 Å². The third-order valence-corrected chi connectivity index (χ3v) is 1.33. The number of carbonyl (C=O) groups is 1. The second-order valence-electron chi connectivity index (χ2n) is 2.24. The number of anilines is 1. The highest BCUT2D eigenvalue weighted by Gasteiger charge is 1.97. The normalized spacial score (nSPS) is 9.27. The molecule has 0 saturated carbocycles. The predicted molar refractivity (Wildman–Crippen MR) is 43.2 cm³/mol. The monoisotopic (exact) mass is 149 g/mol. The lowest BCUT2D eigenvalue weighted by Gasteiger charge is -2.08. The summed E-state index contributed by atoms with van der Waals surface area (Å²) in [6.07, 6.45) is 2.33. The Labute approximate surface area is 65.7 Å². The van der Waals surface area contributed by atoms with E-state index in [1.54, 1.807) is 19.3 Å². The molecule has 0 aromatic carbocycles. The Morgan fingerprint density at radius 1 is 1.64 bits per heavy atom. The quantitative estimate of drug-likeness (QED) is 0.584. The maximum Gasteiger partial charge on any atom is 0.215 e. The van der Waals surface area contributed by atoms with Crippen molar-refractivity contribution in [1.29, 1.82) is 0 Å². The molecule has 0 bridgehead atoms. The number of pyridine rings is 1. The summed E-state index contributed by atoms with van der Waals surface area (Å²) in [7, 11) is 1.65. The van der Waals surface area contributed by atoms with Gasteiger partial charge in [-0.05, 0) is 18.6 Å². The van der Waals surface area contributed by atoms with Gasteiger partial charge in [0.25, 0.3) is 0 Å². The molecular formula is C8H9N2O. The average Bonchev–Trinajstić information content (AvgIpc) is 2.05. The summed E-state index contributed by atoms with van der Waals surface area (Å²) in [4.78, 5) is 15.6. The van der Waals surface area contributed by atoms with Crippen molar-refractivity contribution in [3.63, 3.8) is 0 Å². The van der Waals surface area contributed by atoms with E-state index in [1.165, 1.54) is 4.90 Å². The minimum atomic E-state index is 0.632. The number of hydrogen-bond acceptors (Lipinski definition) is 2. The molecule has 0 aliphatic heterocycles. The van der Waals surface area contributed by atoms with Crippen molar-refractivity contribution in [2.45, 2.75) is 0 Å². The number of hydrogen-bond donors (Lipinski definition) is 0. The van der Waals surface area contributed by atoms with Gasteiger partial charge in [-0.1, -0.05) is 6.07 Å². The van der Waals surface area contributed by atoms with Crippen LogP contribution in [0.2, 0.25) is 0 Å². The van der Waals surface area contributed by atoms with Gasteiger partial charge in [0.05, 0.1) is 0 Å². The van der Waals surface area contributed by atoms with Gasteiger partial charge < -0.3 is 4.90 Å². The summed E-state index contributed by atoms with van der Waals surface area (Å²) in [6, 6.07) is 3.55. The molecule has 1 aromatic rings. The first-order chi connectivity index (χ1) is 5.24. The summed E-state index contributed by atoms with van der Waals surface area (Å²) >= 11 is 0. The van der Waals surface area contributed by atoms with Crippen LogP contribution >= 0.6 is 0 Å². The lowest BCUT2D eigenvalue weighted by Crippen LogP contribution is -2.14. The fourth-order valence-corrected chi connectivity index (χ4v) is 0.679. The number of carbonyl (C=O) groups excluding carboxylic acids is 1. The highest BCUT2D eigenvalue weighted by atomic mass is 16.1. The molecule has 1 amide bonds. The fourth-order valence-electron chi connectivity index (χ4n) is 0.679. The van der Waals surface area contributed by atoms with Crippen LogP contribution in [0.3, 0.4) is 0 Å². The Kier molecular flexibility index (Phi) is 2.21. The zero-order valence-corrected chi connectivity index (χ0v) is 6.32. The molecule has 3 nitrogen and oxygen atoms in total. The van der Waals surface area contributed by atoms with Crippen LogP contribution in [0.5, 0.6) is 0 Å². The van der Waals surface area contributed by atoms with Crippen LogP contribution in [0.1, 0.15) is 5.56 Å². The van der Waals surface area contributed by atoms with Crippen molar-refractivity contribution in [1.82, 2.24) is 4.98 Å². The van der Waals surface area contributed by atoms with Gasteiger partial charge in [0.1, 0.15) is 5.82 Å². The molecular weight excluding hydrogens is 140 g/mol. The van der Waals surface area contributed by atoms with Crippen LogP contribution in [0, 0.1) is 6.92 Å². The van der Waals surface area contributed by atoms with Gasteiger partial charge >= 0.3 is 0 Å². The lowest BCUT2D eigenvalue weighted by molar-refractivity contribution is -0.107. The van der Waals surface area contributed by atoms with Crippen molar-refractivity contribution < 1.29 is 4.79 Å². The van der Waals surface area contributed by atoms with E-state index in [2.05, 4.69) is 11.9 Å². The first-order valence-electron chi connectivity index (χ1n) is 3.20. The molecule has 0 N–H and O–H groups in total. The van der Waals surface area contributed by atoms with Gasteiger partial charge in [0, 0.05) is 13.2 Å². The van der Waals surface area contributed by atoms with Crippen LogP contribution in [0.15, 0.2) is 18.3 Å². The summed E-state index contributed by atoms with van der Waals surface area (Å²) in [5.74, 6) is 0.632. The lowest BCUT2D eigenvalue weighted by atomic mass is 10.3. The highest BCUT2D eigenvalue weighted by Crippen LogP contribution is 2.06. The minimum absolute atomic E-state index is 0.632. The van der Waals surface area contributed by atoms with E-state index in [4.69, 9.17) is 0 Å². The molecule has 1 radical (unpaired) electrons. The zero-order chi connectivity index (χ0) is 8.27. The van der Waals surface area contributed by atoms with Crippen molar-refractivity contribution >= 4 is 12.2 Å². The maximum absolute atomic E-state index is 10.3. The van der Waals surface area contributed by atoms with Gasteiger partial charge in [-0.3, -0.25) is 4.79 Å². The van der Waals surface area contributed by atoms with Gasteiger partial charge in [-0.25, -0.2) is 4.98 Å². The maximum atomic E-state index is 10.3. The Morgan fingerprint density at radius 2 is 2.36 bits per heavy atom. The molecule has 3 heteroatoms. The molecule has 0 saturated heterocycles. The highest BCUT2D eigenvalue weighted by molar-refractivity contribution is 5.71. The van der Waals surface area contributed by atoms with Crippen molar-refractivity contribution in [3.05, 3.63) is 30.8 Å². The van der Waals surface area contributed by atoms with E-state index in [0.717, 1.165) is 5.56 Å². The van der Waals surface area contributed by atoms with Crippen molar-refractivity contribution in [3.8, 4) is 0 Å². The summed E-state index contributed by atoms with van der Waals surface area (Å²) in [5.41, 5.74) is 0.841. The Hall–Kier alpha value is -1.38. The van der Waals surface area contributed by atoms with Gasteiger partial charge in [0.15, 0.2) is 0 Å². The van der Waals surface area contributed by atoms with Crippen LogP contribution in [-0.4, -0.2) is 18.4 Å². The molecule has 0 spiro atoms. The predicted octanol–water partition coefficient (Wildman–Crippen LogP) is 0.856. The fraction of sp³-hybridized carbons (Fsp3) is 0.125. The van der Waals surface area contributed by atoms with Gasteiger partial charge in [0.2, 0.25) is 6.41 Å². The standard InChI is InChI=1S/C8H9N2O/c1-7-3-4-8(9-5-7)10(2)6-11/h3-6H,1H2,2H3. The second kappa shape index (κ2) is 3.14. The molecule has 1 heterocycles. The number of aromatic nitrogens is 1. The second-order valence-corrected chi connectivity index (χ2v) is 2.24. The van der Waals surface area contributed by atoms with Gasteiger partial charge in [-0.15, -0.1) is 0 Å². The molecule has 0 unspecified atom stereocenters. The summed E-state index contributed by atoms with van der Waals surface area (Å²) < 4.78 is 0. The third kappa shape index (κ3) is 1.77. The van der Waals surface area contributed by atoms with Crippen LogP contribution in [0.25, 0.3) is 0 Å². The number of nitrogens with zero attached hydrogens (tertiary/aromatic N) is 2. The SMILES string of the molecule is [CH2]c1ccc(N(C)C=O)nc1. The van der Waals surface area contributed by atoms with E-state index in [0.29, 0.717) is 12.2 Å². The Balaban J connectivity index is 2.89. The molecule has 1 rings (SSSR count). The molecule has 0 fully saturated rings. The largest absolute Gasteiger partial charge is 0.303 e. The van der Waals surface area contributed by atoms with E-state index in [9.17, 15) is 4.79 Å². The number of amides is 1. The third-order valence-electron chi connectivity index (χ3n) is 1.33. The van der Waals surface area contributed by atoms with E-state index >= 15 is 0 Å². The van der Waals surface area contributed by atoms with E-state index in [-0.39, 0.29) is 0 Å². The van der Waals surface area contributed by atoms with E-state index < -0.39 is 0 Å². The van der Waals surface area contributed by atoms with Crippen LogP contribution in [-0.2, 0) is 4.79 Å². The van der Waals surface area contributed by atoms with Crippen LogP contribution < -0.4 is 4.90 Å². The molecule has 0 aliphatic rings. The Bertz CT molecular complexity index is 243. The van der Waals surface area contributed by atoms with Crippen LogP contribution in [0.4, 0.5) is 5.82 Å². The molecule has 0 atom stereocenters. The Morgan fingerprint density at radius 3 is 2.82 bits per heavy atom. The van der Waals surface area contributed by atoms with E-state index in [1.807, 2.05) is 6.07 Å². The first kappa shape index (κ1) is 7.72. The first-order valence-corrected chi connectivity index (χ1v) is 3.20. The zero-order valence-electron chi connectivity index (χ0n) is 6.32. The van der Waals surface area contributed by atoms with Gasteiger partial charge in [-0.2, -0.15) is 0 Å². The topological polar surface area (TPSA) is 33.2 Å².